The number of hydrogen-bond acceptors (Lipinski definition) is 3. The van der Waals surface area contributed by atoms with Crippen LogP contribution in [0, 0.1) is 5.41 Å². The van der Waals surface area contributed by atoms with Crippen molar-refractivity contribution in [2.45, 2.75) is 26.9 Å². The molecular formula is C9H18N2O4. The molecule has 0 aromatic rings. The van der Waals surface area contributed by atoms with Crippen LogP contribution in [0.25, 0.3) is 0 Å². The van der Waals surface area contributed by atoms with E-state index in [4.69, 9.17) is 10.2 Å². The number of carboxylic acid groups (broad SMARTS) is 1. The van der Waals surface area contributed by atoms with E-state index in [1.807, 2.05) is 20.8 Å². The van der Waals surface area contributed by atoms with Crippen LogP contribution in [-0.2, 0) is 4.79 Å². The highest BCUT2D eigenvalue weighted by Gasteiger charge is 2.15. The minimum absolute atomic E-state index is 0.0389. The van der Waals surface area contributed by atoms with E-state index in [0.29, 0.717) is 6.54 Å². The first-order valence-corrected chi connectivity index (χ1v) is 4.65. The van der Waals surface area contributed by atoms with E-state index in [9.17, 15) is 9.59 Å². The van der Waals surface area contributed by atoms with Gasteiger partial charge in [-0.15, -0.1) is 0 Å². The number of nitrogens with one attached hydrogen (secondary N) is 2. The molecule has 0 heterocycles. The van der Waals surface area contributed by atoms with Gasteiger partial charge in [-0.05, 0) is 5.41 Å². The van der Waals surface area contributed by atoms with Gasteiger partial charge in [-0.1, -0.05) is 20.8 Å². The molecule has 0 saturated heterocycles. The van der Waals surface area contributed by atoms with Crippen LogP contribution in [0.1, 0.15) is 20.8 Å². The number of carbonyl (C=O) groups is 2. The molecule has 6 heteroatoms. The molecule has 0 aliphatic heterocycles. The van der Waals surface area contributed by atoms with E-state index in [2.05, 4.69) is 10.6 Å². The van der Waals surface area contributed by atoms with Gasteiger partial charge in [-0.2, -0.15) is 0 Å². The van der Waals surface area contributed by atoms with E-state index in [1.165, 1.54) is 0 Å². The van der Waals surface area contributed by atoms with Gasteiger partial charge >= 0.3 is 12.0 Å². The smallest absolute Gasteiger partial charge is 0.334 e. The third-order valence-corrected chi connectivity index (χ3v) is 1.52. The number of aliphatic carboxylic acids is 1. The molecule has 0 aliphatic carbocycles. The SMILES string of the molecule is CC(C)(C)CNC(=O)NCC(O)C(=O)O. The van der Waals surface area contributed by atoms with Crippen molar-refractivity contribution < 1.29 is 19.8 Å². The predicted molar refractivity (Wildman–Crippen MR) is 54.5 cm³/mol. The maximum atomic E-state index is 11.1. The summed E-state index contributed by atoms with van der Waals surface area (Å²) in [6, 6.07) is -0.481. The largest absolute Gasteiger partial charge is 0.479 e. The number of carbonyl (C=O) groups excluding carboxylic acids is 1. The summed E-state index contributed by atoms with van der Waals surface area (Å²) in [5.41, 5.74) is -0.0389. The molecule has 0 rings (SSSR count). The zero-order valence-corrected chi connectivity index (χ0v) is 9.20. The molecule has 0 aromatic heterocycles. The predicted octanol–water partition coefficient (Wildman–Crippen LogP) is -0.223. The van der Waals surface area contributed by atoms with Gasteiger partial charge in [-0.3, -0.25) is 0 Å². The number of amides is 2. The van der Waals surface area contributed by atoms with Crippen LogP contribution in [0.2, 0.25) is 0 Å². The van der Waals surface area contributed by atoms with Gasteiger partial charge in [0.1, 0.15) is 0 Å². The summed E-state index contributed by atoms with van der Waals surface area (Å²) in [5.74, 6) is -1.36. The number of hydrogen-bond donors (Lipinski definition) is 4. The van der Waals surface area contributed by atoms with Crippen molar-refractivity contribution in [2.24, 2.45) is 5.41 Å². The van der Waals surface area contributed by atoms with Crippen LogP contribution in [0.4, 0.5) is 4.79 Å². The number of aliphatic hydroxyl groups excluding tert-OH is 1. The van der Waals surface area contributed by atoms with Crippen molar-refractivity contribution in [1.29, 1.82) is 0 Å². The second kappa shape index (κ2) is 5.55. The Hall–Kier alpha value is -1.30. The van der Waals surface area contributed by atoms with Crippen molar-refractivity contribution >= 4 is 12.0 Å². The molecule has 15 heavy (non-hydrogen) atoms. The van der Waals surface area contributed by atoms with E-state index >= 15 is 0 Å². The number of urea groups is 1. The molecule has 1 unspecified atom stereocenters. The third-order valence-electron chi connectivity index (χ3n) is 1.52. The zero-order chi connectivity index (χ0) is 12.1. The molecule has 1 atom stereocenters. The molecule has 6 nitrogen and oxygen atoms in total. The van der Waals surface area contributed by atoms with Crippen LogP contribution in [0.3, 0.4) is 0 Å². The first-order valence-electron chi connectivity index (χ1n) is 4.65. The monoisotopic (exact) mass is 218 g/mol. The van der Waals surface area contributed by atoms with Gasteiger partial charge in [0.15, 0.2) is 6.10 Å². The standard InChI is InChI=1S/C9H18N2O4/c1-9(2,3)5-11-8(15)10-4-6(12)7(13)14/h6,12H,4-5H2,1-3H3,(H,13,14)(H2,10,11,15). The number of rotatable bonds is 4. The lowest BCUT2D eigenvalue weighted by Crippen LogP contribution is -2.44. The van der Waals surface area contributed by atoms with Crippen LogP contribution in [0.5, 0.6) is 0 Å². The fraction of sp³-hybridized carbons (Fsp3) is 0.778. The van der Waals surface area contributed by atoms with E-state index in [1.54, 1.807) is 0 Å². The highest BCUT2D eigenvalue weighted by Crippen LogP contribution is 2.09. The lowest BCUT2D eigenvalue weighted by atomic mass is 9.97. The Balaban J connectivity index is 3.72. The summed E-state index contributed by atoms with van der Waals surface area (Å²) in [6.45, 7) is 6.05. The van der Waals surface area contributed by atoms with Crippen molar-refractivity contribution in [3.05, 3.63) is 0 Å². The molecule has 4 N–H and O–H groups in total. The Bertz CT molecular complexity index is 235. The average molecular weight is 218 g/mol. The Morgan fingerprint density at radius 1 is 1.27 bits per heavy atom. The molecule has 0 bridgehead atoms. The summed E-state index contributed by atoms with van der Waals surface area (Å²) in [4.78, 5) is 21.3. The molecule has 0 aliphatic rings. The third kappa shape index (κ3) is 7.75. The maximum Gasteiger partial charge on any atom is 0.334 e. The zero-order valence-electron chi connectivity index (χ0n) is 9.20. The lowest BCUT2D eigenvalue weighted by molar-refractivity contribution is -0.146. The molecule has 0 radical (unpaired) electrons. The van der Waals surface area contributed by atoms with Gasteiger partial charge in [0.05, 0.1) is 6.54 Å². The number of aliphatic hydroxyl groups is 1. The fourth-order valence-corrected chi connectivity index (χ4v) is 0.685. The Labute approximate surface area is 88.7 Å². The van der Waals surface area contributed by atoms with Gasteiger partial charge in [0, 0.05) is 6.54 Å². The molecule has 2 amide bonds. The second-order valence-corrected chi connectivity index (χ2v) is 4.48. The molecule has 0 aromatic carbocycles. The molecule has 0 spiro atoms. The fourth-order valence-electron chi connectivity index (χ4n) is 0.685. The van der Waals surface area contributed by atoms with Gasteiger partial charge in [0.25, 0.3) is 0 Å². The summed E-state index contributed by atoms with van der Waals surface area (Å²) >= 11 is 0. The minimum Gasteiger partial charge on any atom is -0.479 e. The van der Waals surface area contributed by atoms with Gasteiger partial charge in [-0.25, -0.2) is 9.59 Å². The van der Waals surface area contributed by atoms with Crippen LogP contribution < -0.4 is 10.6 Å². The molecule has 0 saturated carbocycles. The topological polar surface area (TPSA) is 98.7 Å². The summed E-state index contributed by atoms with van der Waals surface area (Å²) in [6.07, 6.45) is -1.56. The normalized spacial score (nSPS) is 13.1. The first-order chi connectivity index (χ1) is 6.72. The maximum absolute atomic E-state index is 11.1. The van der Waals surface area contributed by atoms with Crippen molar-refractivity contribution in [3.8, 4) is 0 Å². The van der Waals surface area contributed by atoms with E-state index in [0.717, 1.165) is 0 Å². The highest BCUT2D eigenvalue weighted by molar-refractivity contribution is 5.76. The van der Waals surface area contributed by atoms with E-state index < -0.39 is 18.1 Å². The van der Waals surface area contributed by atoms with Crippen LogP contribution >= 0.6 is 0 Å². The minimum atomic E-state index is -1.56. The average Bonchev–Trinajstić information content (AvgIpc) is 2.09. The lowest BCUT2D eigenvalue weighted by Gasteiger charge is -2.19. The quantitative estimate of drug-likeness (QED) is 0.524. The van der Waals surface area contributed by atoms with Gasteiger partial charge < -0.3 is 20.8 Å². The van der Waals surface area contributed by atoms with E-state index in [-0.39, 0.29) is 12.0 Å². The Kier molecular flexibility index (Phi) is 5.07. The Morgan fingerprint density at radius 3 is 2.20 bits per heavy atom. The first kappa shape index (κ1) is 13.7. The molecular weight excluding hydrogens is 200 g/mol. The molecule has 88 valence electrons. The van der Waals surface area contributed by atoms with Crippen molar-refractivity contribution in [2.75, 3.05) is 13.1 Å². The van der Waals surface area contributed by atoms with Crippen molar-refractivity contribution in [3.63, 3.8) is 0 Å². The van der Waals surface area contributed by atoms with Crippen LogP contribution in [-0.4, -0.2) is 41.4 Å². The highest BCUT2D eigenvalue weighted by atomic mass is 16.4. The summed E-state index contributed by atoms with van der Waals surface area (Å²) in [7, 11) is 0. The summed E-state index contributed by atoms with van der Waals surface area (Å²) < 4.78 is 0. The van der Waals surface area contributed by atoms with Crippen molar-refractivity contribution in [1.82, 2.24) is 10.6 Å². The van der Waals surface area contributed by atoms with Gasteiger partial charge in [0.2, 0.25) is 0 Å². The molecule has 0 fully saturated rings. The Morgan fingerprint density at radius 2 is 1.80 bits per heavy atom. The second-order valence-electron chi connectivity index (χ2n) is 4.48. The summed E-state index contributed by atoms with van der Waals surface area (Å²) in [5, 5.41) is 22.0. The van der Waals surface area contributed by atoms with Crippen LogP contribution in [0.15, 0.2) is 0 Å². The number of carboxylic acids is 1.